The van der Waals surface area contributed by atoms with E-state index in [-0.39, 0.29) is 17.3 Å². The van der Waals surface area contributed by atoms with E-state index < -0.39 is 0 Å². The first-order valence-corrected chi connectivity index (χ1v) is 8.49. The van der Waals surface area contributed by atoms with Gasteiger partial charge in [-0.25, -0.2) is 0 Å². The van der Waals surface area contributed by atoms with E-state index in [9.17, 15) is 4.79 Å². The summed E-state index contributed by atoms with van der Waals surface area (Å²) in [7, 11) is 1.49. The summed E-state index contributed by atoms with van der Waals surface area (Å²) in [6.07, 6.45) is 3.15. The van der Waals surface area contributed by atoms with Crippen LogP contribution in [0.2, 0.25) is 0 Å². The van der Waals surface area contributed by atoms with Crippen LogP contribution in [0.5, 0.6) is 0 Å². The van der Waals surface area contributed by atoms with E-state index in [4.69, 9.17) is 4.74 Å². The highest BCUT2D eigenvalue weighted by molar-refractivity contribution is 5.75. The average molecular weight is 302 g/mol. The van der Waals surface area contributed by atoms with Crippen LogP contribution in [0.1, 0.15) is 70.1 Å². The molecule has 0 heterocycles. The normalized spacial score (nSPS) is 22.3. The van der Waals surface area contributed by atoms with E-state index in [1.807, 2.05) is 0 Å². The number of rotatable bonds is 5. The van der Waals surface area contributed by atoms with Crippen LogP contribution >= 0.6 is 0 Å². The largest absolute Gasteiger partial charge is 0.469 e. The van der Waals surface area contributed by atoms with Crippen molar-refractivity contribution in [3.05, 3.63) is 34.9 Å². The number of hydrogen-bond donors (Lipinski definition) is 0. The van der Waals surface area contributed by atoms with Gasteiger partial charge in [-0.05, 0) is 53.2 Å². The van der Waals surface area contributed by atoms with Crippen LogP contribution in [0.3, 0.4) is 0 Å². The minimum atomic E-state index is -0.0312. The second kappa shape index (κ2) is 6.44. The number of benzene rings is 1. The molecule has 2 heteroatoms. The molecule has 0 amide bonds. The summed E-state index contributed by atoms with van der Waals surface area (Å²) in [5, 5.41) is 0. The molecule has 22 heavy (non-hydrogen) atoms. The molecule has 1 aliphatic rings. The maximum absolute atomic E-state index is 11.6. The summed E-state index contributed by atoms with van der Waals surface area (Å²) in [5.74, 6) is 1.11. The minimum Gasteiger partial charge on any atom is -0.469 e. The van der Waals surface area contributed by atoms with Crippen LogP contribution < -0.4 is 0 Å². The first-order chi connectivity index (χ1) is 10.3. The second-order valence-electron chi connectivity index (χ2n) is 7.78. The van der Waals surface area contributed by atoms with Crippen LogP contribution in [-0.4, -0.2) is 13.1 Å². The summed E-state index contributed by atoms with van der Waals surface area (Å²) in [6.45, 7) is 11.3. The Morgan fingerprint density at radius 2 is 2.05 bits per heavy atom. The van der Waals surface area contributed by atoms with Crippen molar-refractivity contribution in [1.82, 2.24) is 0 Å². The molecule has 1 aromatic carbocycles. The number of esters is 1. The number of ether oxygens (including phenoxy) is 1. The molecule has 2 rings (SSSR count). The molecule has 3 atom stereocenters. The Labute approximate surface area is 135 Å². The number of hydrogen-bond acceptors (Lipinski definition) is 2. The van der Waals surface area contributed by atoms with Gasteiger partial charge >= 0.3 is 5.97 Å². The molecule has 0 radical (unpaired) electrons. The van der Waals surface area contributed by atoms with E-state index >= 15 is 0 Å². The Balaban J connectivity index is 2.15. The summed E-state index contributed by atoms with van der Waals surface area (Å²) < 4.78 is 4.86. The lowest BCUT2D eigenvalue weighted by atomic mass is 9.81. The molecule has 1 aliphatic carbocycles. The van der Waals surface area contributed by atoms with Crippen molar-refractivity contribution in [2.45, 2.75) is 65.2 Å². The van der Waals surface area contributed by atoms with Gasteiger partial charge < -0.3 is 4.74 Å². The lowest BCUT2D eigenvalue weighted by Gasteiger charge is -2.23. The van der Waals surface area contributed by atoms with E-state index in [2.05, 4.69) is 52.8 Å². The van der Waals surface area contributed by atoms with Gasteiger partial charge in [-0.3, -0.25) is 4.79 Å². The van der Waals surface area contributed by atoms with Crippen molar-refractivity contribution in [3.8, 4) is 0 Å². The summed E-state index contributed by atoms with van der Waals surface area (Å²) in [5.41, 5.74) is 4.47. The molecule has 0 aromatic heterocycles. The molecule has 0 saturated heterocycles. The molecule has 2 nitrogen and oxygen atoms in total. The fourth-order valence-electron chi connectivity index (χ4n) is 3.37. The van der Waals surface area contributed by atoms with Gasteiger partial charge in [0.05, 0.1) is 13.0 Å². The molecule has 0 aliphatic heterocycles. The summed E-state index contributed by atoms with van der Waals surface area (Å²) in [4.78, 5) is 11.6. The monoisotopic (exact) mass is 302 g/mol. The third kappa shape index (κ3) is 3.71. The first kappa shape index (κ1) is 17.1. The predicted molar refractivity (Wildman–Crippen MR) is 91.2 cm³/mol. The summed E-state index contributed by atoms with van der Waals surface area (Å²) >= 11 is 0. The maximum atomic E-state index is 11.6. The third-order valence-electron chi connectivity index (χ3n) is 5.01. The molecule has 0 spiro atoms. The SMILES string of the molecule is CCc1ccc(C(C)(C)C)cc1C(C)CC1CC1C(=O)OC. The Morgan fingerprint density at radius 1 is 1.36 bits per heavy atom. The average Bonchev–Trinajstić information content (AvgIpc) is 3.23. The minimum absolute atomic E-state index is 0.0312. The quantitative estimate of drug-likeness (QED) is 0.727. The lowest BCUT2D eigenvalue weighted by Crippen LogP contribution is -2.13. The highest BCUT2D eigenvalue weighted by atomic mass is 16.5. The van der Waals surface area contributed by atoms with Gasteiger partial charge in [0.15, 0.2) is 0 Å². The van der Waals surface area contributed by atoms with Gasteiger partial charge in [-0.2, -0.15) is 0 Å². The lowest BCUT2D eigenvalue weighted by molar-refractivity contribution is -0.142. The molecular weight excluding hydrogens is 272 g/mol. The molecular formula is C20H30O2. The van der Waals surface area contributed by atoms with Gasteiger partial charge in [0.1, 0.15) is 0 Å². The van der Waals surface area contributed by atoms with E-state index in [1.54, 1.807) is 0 Å². The van der Waals surface area contributed by atoms with Gasteiger partial charge in [-0.1, -0.05) is 52.8 Å². The van der Waals surface area contributed by atoms with Crippen LogP contribution in [0, 0.1) is 11.8 Å². The zero-order valence-corrected chi connectivity index (χ0v) is 14.9. The second-order valence-corrected chi connectivity index (χ2v) is 7.78. The molecule has 3 unspecified atom stereocenters. The number of carbonyl (C=O) groups is 1. The van der Waals surface area contributed by atoms with Crippen molar-refractivity contribution < 1.29 is 9.53 Å². The smallest absolute Gasteiger partial charge is 0.308 e. The van der Waals surface area contributed by atoms with Crippen molar-refractivity contribution in [1.29, 1.82) is 0 Å². The van der Waals surface area contributed by atoms with E-state index in [0.29, 0.717) is 11.8 Å². The van der Waals surface area contributed by atoms with Crippen LogP contribution in [0.15, 0.2) is 18.2 Å². The highest BCUT2D eigenvalue weighted by Gasteiger charge is 2.44. The fraction of sp³-hybridized carbons (Fsp3) is 0.650. The van der Waals surface area contributed by atoms with E-state index in [1.165, 1.54) is 23.8 Å². The Kier molecular flexibility index (Phi) is 4.99. The fourth-order valence-corrected chi connectivity index (χ4v) is 3.37. The number of aryl methyl sites for hydroxylation is 1. The standard InChI is InChI=1S/C20H30O2/c1-7-14-8-9-16(20(3,4)5)12-17(14)13(2)10-15-11-18(15)19(21)22-6/h8-9,12-13,15,18H,7,10-11H2,1-6H3. The Hall–Kier alpha value is -1.31. The zero-order chi connectivity index (χ0) is 16.5. The topological polar surface area (TPSA) is 26.3 Å². The summed E-state index contributed by atoms with van der Waals surface area (Å²) in [6, 6.07) is 6.94. The Bertz CT molecular complexity index is 539. The van der Waals surface area contributed by atoms with Crippen molar-refractivity contribution in [2.24, 2.45) is 11.8 Å². The molecule has 1 fully saturated rings. The Morgan fingerprint density at radius 3 is 2.59 bits per heavy atom. The van der Waals surface area contributed by atoms with Crippen LogP contribution in [0.25, 0.3) is 0 Å². The van der Waals surface area contributed by atoms with Crippen molar-refractivity contribution >= 4 is 5.97 Å². The number of methoxy groups -OCH3 is 1. The van der Waals surface area contributed by atoms with Crippen molar-refractivity contribution in [3.63, 3.8) is 0 Å². The molecule has 0 N–H and O–H groups in total. The molecule has 1 saturated carbocycles. The third-order valence-corrected chi connectivity index (χ3v) is 5.01. The van der Waals surface area contributed by atoms with Gasteiger partial charge in [0.2, 0.25) is 0 Å². The highest BCUT2D eigenvalue weighted by Crippen LogP contribution is 2.46. The van der Waals surface area contributed by atoms with Gasteiger partial charge in [-0.15, -0.1) is 0 Å². The van der Waals surface area contributed by atoms with Crippen LogP contribution in [-0.2, 0) is 21.4 Å². The molecule has 0 bridgehead atoms. The molecule has 122 valence electrons. The zero-order valence-electron chi connectivity index (χ0n) is 14.9. The maximum Gasteiger partial charge on any atom is 0.308 e. The number of carbonyl (C=O) groups excluding carboxylic acids is 1. The van der Waals surface area contributed by atoms with Gasteiger partial charge in [0.25, 0.3) is 0 Å². The first-order valence-electron chi connectivity index (χ1n) is 8.49. The molecule has 1 aromatic rings. The predicted octanol–water partition coefficient (Wildman–Crippen LogP) is 4.85. The van der Waals surface area contributed by atoms with Crippen LogP contribution in [0.4, 0.5) is 0 Å². The van der Waals surface area contributed by atoms with Gasteiger partial charge in [0, 0.05) is 0 Å². The van der Waals surface area contributed by atoms with E-state index in [0.717, 1.165) is 19.3 Å². The van der Waals surface area contributed by atoms with Crippen molar-refractivity contribution in [2.75, 3.05) is 7.11 Å².